The van der Waals surface area contributed by atoms with Crippen LogP contribution in [0.15, 0.2) is 66.0 Å². The van der Waals surface area contributed by atoms with Gasteiger partial charge < -0.3 is 5.32 Å². The Bertz CT molecular complexity index is 1080. The van der Waals surface area contributed by atoms with Crippen LogP contribution in [0.5, 0.6) is 0 Å². The monoisotopic (exact) mass is 373 g/mol. The molecule has 2 aromatic carbocycles. The van der Waals surface area contributed by atoms with E-state index in [4.69, 9.17) is 0 Å². The Morgan fingerprint density at radius 1 is 1.04 bits per heavy atom. The summed E-state index contributed by atoms with van der Waals surface area (Å²) in [5.74, 6) is 0.0227. The quantitative estimate of drug-likeness (QED) is 0.478. The van der Waals surface area contributed by atoms with Crippen molar-refractivity contribution in [3.8, 4) is 0 Å². The van der Waals surface area contributed by atoms with Gasteiger partial charge in [-0.2, -0.15) is 5.10 Å². The number of rotatable bonds is 6. The highest BCUT2D eigenvalue weighted by molar-refractivity contribution is 7.09. The first kappa shape index (κ1) is 17.2. The predicted octanol–water partition coefficient (Wildman–Crippen LogP) is 5.37. The van der Waals surface area contributed by atoms with Gasteiger partial charge in [0, 0.05) is 22.4 Å². The second-order valence-corrected chi connectivity index (χ2v) is 7.23. The van der Waals surface area contributed by atoms with Gasteiger partial charge in [0.15, 0.2) is 0 Å². The Hall–Kier alpha value is -3.18. The number of amides is 1. The number of fused-ring (bicyclic) bond motifs is 1. The van der Waals surface area contributed by atoms with Crippen LogP contribution in [0.1, 0.15) is 22.6 Å². The first-order chi connectivity index (χ1) is 13.3. The predicted molar refractivity (Wildman–Crippen MR) is 113 cm³/mol. The molecule has 0 fully saturated rings. The van der Waals surface area contributed by atoms with Gasteiger partial charge in [-0.3, -0.25) is 9.89 Å². The van der Waals surface area contributed by atoms with Crippen molar-refractivity contribution < 1.29 is 4.79 Å². The molecule has 0 spiro atoms. The van der Waals surface area contributed by atoms with Gasteiger partial charge in [0.1, 0.15) is 0 Å². The van der Waals surface area contributed by atoms with Crippen molar-refractivity contribution in [2.45, 2.75) is 12.8 Å². The minimum Gasteiger partial charge on any atom is -0.326 e. The van der Waals surface area contributed by atoms with E-state index in [1.165, 1.54) is 4.88 Å². The third-order valence-electron chi connectivity index (χ3n) is 4.33. The summed E-state index contributed by atoms with van der Waals surface area (Å²) in [6, 6.07) is 19.9. The Morgan fingerprint density at radius 3 is 2.78 bits per heavy atom. The zero-order valence-corrected chi connectivity index (χ0v) is 15.5. The molecule has 1 amide bonds. The zero-order valence-electron chi connectivity index (χ0n) is 14.7. The molecular formula is C22H19N3OS. The second-order valence-electron chi connectivity index (χ2n) is 6.20. The van der Waals surface area contributed by atoms with Crippen molar-refractivity contribution in [2.24, 2.45) is 0 Å². The van der Waals surface area contributed by atoms with Crippen molar-refractivity contribution in [3.05, 3.63) is 82.2 Å². The van der Waals surface area contributed by atoms with Crippen LogP contribution in [0.25, 0.3) is 23.1 Å². The summed E-state index contributed by atoms with van der Waals surface area (Å²) >= 11 is 1.68. The van der Waals surface area contributed by atoms with Crippen molar-refractivity contribution in [3.63, 3.8) is 0 Å². The molecule has 0 aliphatic rings. The third-order valence-corrected chi connectivity index (χ3v) is 5.27. The molecular weight excluding hydrogens is 354 g/mol. The number of aromatic nitrogens is 2. The first-order valence-electron chi connectivity index (χ1n) is 8.82. The normalized spacial score (nSPS) is 11.3. The Labute approximate surface area is 161 Å². The van der Waals surface area contributed by atoms with Gasteiger partial charge >= 0.3 is 0 Å². The van der Waals surface area contributed by atoms with E-state index in [1.54, 1.807) is 11.3 Å². The number of benzene rings is 2. The summed E-state index contributed by atoms with van der Waals surface area (Å²) in [6.07, 6.45) is 5.19. The Kier molecular flexibility index (Phi) is 5.12. The number of hydrogen-bond acceptors (Lipinski definition) is 3. The van der Waals surface area contributed by atoms with E-state index in [9.17, 15) is 4.79 Å². The van der Waals surface area contributed by atoms with Gasteiger partial charge in [-0.05, 0) is 41.6 Å². The van der Waals surface area contributed by atoms with E-state index in [0.29, 0.717) is 6.42 Å². The lowest BCUT2D eigenvalue weighted by atomic mass is 10.1. The lowest BCUT2D eigenvalue weighted by Crippen LogP contribution is -2.12. The van der Waals surface area contributed by atoms with Crippen LogP contribution in [0.2, 0.25) is 0 Å². The first-order valence-corrected chi connectivity index (χ1v) is 9.70. The van der Waals surface area contributed by atoms with Crippen LogP contribution in [0.4, 0.5) is 5.69 Å². The maximum absolute atomic E-state index is 12.3. The molecule has 2 N–H and O–H groups in total. The number of aromatic amines is 1. The largest absolute Gasteiger partial charge is 0.326 e. The SMILES string of the molecule is O=C(CCc1cccs1)Nc1ccccc1/C=C/c1n[nH]c2ccccc12. The van der Waals surface area contributed by atoms with Gasteiger partial charge in [0.05, 0.1) is 11.2 Å². The van der Waals surface area contributed by atoms with Gasteiger partial charge in [-0.15, -0.1) is 11.3 Å². The number of thiophene rings is 1. The number of nitrogens with one attached hydrogen (secondary N) is 2. The second kappa shape index (κ2) is 8.01. The molecule has 27 heavy (non-hydrogen) atoms. The Balaban J connectivity index is 1.48. The summed E-state index contributed by atoms with van der Waals surface area (Å²) in [7, 11) is 0. The van der Waals surface area contributed by atoms with Gasteiger partial charge in [-0.1, -0.05) is 48.5 Å². The number of carbonyl (C=O) groups excluding carboxylic acids is 1. The van der Waals surface area contributed by atoms with E-state index in [-0.39, 0.29) is 5.91 Å². The molecule has 134 valence electrons. The van der Waals surface area contributed by atoms with Crippen LogP contribution in [0.3, 0.4) is 0 Å². The number of nitrogens with zero attached hydrogens (tertiary/aromatic N) is 1. The number of para-hydroxylation sites is 2. The number of aryl methyl sites for hydroxylation is 1. The molecule has 0 unspecified atom stereocenters. The molecule has 2 heterocycles. The van der Waals surface area contributed by atoms with Crippen molar-refractivity contribution >= 4 is 46.0 Å². The fourth-order valence-corrected chi connectivity index (χ4v) is 3.65. The number of carbonyl (C=O) groups is 1. The summed E-state index contributed by atoms with van der Waals surface area (Å²) in [6.45, 7) is 0. The van der Waals surface area contributed by atoms with Crippen LogP contribution in [0, 0.1) is 0 Å². The molecule has 4 rings (SSSR count). The highest BCUT2D eigenvalue weighted by atomic mass is 32.1. The van der Waals surface area contributed by atoms with Crippen molar-refractivity contribution in [1.29, 1.82) is 0 Å². The third kappa shape index (κ3) is 4.15. The molecule has 0 aliphatic heterocycles. The fraction of sp³-hybridized carbons (Fsp3) is 0.0909. The van der Waals surface area contributed by atoms with Crippen LogP contribution >= 0.6 is 11.3 Å². The highest BCUT2D eigenvalue weighted by Gasteiger charge is 2.07. The van der Waals surface area contributed by atoms with Crippen molar-refractivity contribution in [1.82, 2.24) is 10.2 Å². The molecule has 5 heteroatoms. The average Bonchev–Trinajstić information content (AvgIpc) is 3.36. The van der Waals surface area contributed by atoms with Gasteiger partial charge in [0.2, 0.25) is 5.91 Å². The topological polar surface area (TPSA) is 57.8 Å². The van der Waals surface area contributed by atoms with E-state index in [0.717, 1.165) is 34.3 Å². The Morgan fingerprint density at radius 2 is 1.89 bits per heavy atom. The van der Waals surface area contributed by atoms with E-state index in [2.05, 4.69) is 21.6 Å². The summed E-state index contributed by atoms with van der Waals surface area (Å²) < 4.78 is 0. The molecule has 0 bridgehead atoms. The summed E-state index contributed by atoms with van der Waals surface area (Å²) in [4.78, 5) is 13.5. The fourth-order valence-electron chi connectivity index (χ4n) is 2.94. The molecule has 0 saturated heterocycles. The highest BCUT2D eigenvalue weighted by Crippen LogP contribution is 2.21. The van der Waals surface area contributed by atoms with E-state index in [1.807, 2.05) is 72.1 Å². The summed E-state index contributed by atoms with van der Waals surface area (Å²) in [5, 5.41) is 13.5. The standard InChI is InChI=1S/C22H19N3OS/c26-22(14-12-17-7-5-15-27-17)23-19-9-3-1-6-16(19)11-13-21-18-8-2-4-10-20(18)24-25-21/h1-11,13,15H,12,14H2,(H,23,26)(H,24,25)/b13-11+. The smallest absolute Gasteiger partial charge is 0.224 e. The molecule has 0 saturated carbocycles. The van der Waals surface area contributed by atoms with E-state index < -0.39 is 0 Å². The minimum atomic E-state index is 0.0227. The lowest BCUT2D eigenvalue weighted by molar-refractivity contribution is -0.116. The number of H-pyrrole nitrogens is 1. The minimum absolute atomic E-state index is 0.0227. The van der Waals surface area contributed by atoms with Crippen LogP contribution < -0.4 is 5.32 Å². The number of anilines is 1. The maximum Gasteiger partial charge on any atom is 0.224 e. The molecule has 4 nitrogen and oxygen atoms in total. The van der Waals surface area contributed by atoms with Crippen LogP contribution in [-0.4, -0.2) is 16.1 Å². The van der Waals surface area contributed by atoms with Crippen molar-refractivity contribution in [2.75, 3.05) is 5.32 Å². The maximum atomic E-state index is 12.3. The molecule has 0 aliphatic carbocycles. The van der Waals surface area contributed by atoms with E-state index >= 15 is 0 Å². The van der Waals surface area contributed by atoms with Crippen LogP contribution in [-0.2, 0) is 11.2 Å². The molecule has 2 aromatic heterocycles. The molecule has 0 atom stereocenters. The number of hydrogen-bond donors (Lipinski definition) is 2. The molecule has 4 aromatic rings. The zero-order chi connectivity index (χ0) is 18.5. The molecule has 0 radical (unpaired) electrons. The van der Waals surface area contributed by atoms with Gasteiger partial charge in [0.25, 0.3) is 0 Å². The average molecular weight is 373 g/mol. The summed E-state index contributed by atoms with van der Waals surface area (Å²) in [5.41, 5.74) is 3.65. The lowest BCUT2D eigenvalue weighted by Gasteiger charge is -2.08. The van der Waals surface area contributed by atoms with Gasteiger partial charge in [-0.25, -0.2) is 0 Å².